The number of rotatable bonds is 6. The summed E-state index contributed by atoms with van der Waals surface area (Å²) in [4.78, 5) is 11.0. The van der Waals surface area contributed by atoms with E-state index in [1.165, 1.54) is 19.4 Å². The summed E-state index contributed by atoms with van der Waals surface area (Å²) in [5.74, 6) is 1.07. The van der Waals surface area contributed by atoms with E-state index in [0.29, 0.717) is 24.4 Å². The Morgan fingerprint density at radius 3 is 3.24 bits per heavy atom. The predicted molar refractivity (Wildman–Crippen MR) is 84.4 cm³/mol. The average molecular weight is 291 g/mol. The molecule has 1 aromatic rings. The van der Waals surface area contributed by atoms with Gasteiger partial charge in [0, 0.05) is 24.3 Å². The fourth-order valence-corrected chi connectivity index (χ4v) is 2.72. The van der Waals surface area contributed by atoms with Crippen molar-refractivity contribution in [3.63, 3.8) is 0 Å². The zero-order valence-electron chi connectivity index (χ0n) is 12.9. The van der Waals surface area contributed by atoms with Crippen molar-refractivity contribution < 1.29 is 4.74 Å². The maximum absolute atomic E-state index is 5.94. The van der Waals surface area contributed by atoms with Crippen LogP contribution >= 0.6 is 0 Å². The smallest absolute Gasteiger partial charge is 0.218 e. The first-order valence-corrected chi connectivity index (χ1v) is 7.50. The van der Waals surface area contributed by atoms with Gasteiger partial charge in [-0.05, 0) is 32.0 Å². The van der Waals surface area contributed by atoms with E-state index in [0.717, 1.165) is 18.7 Å². The normalized spacial score (nSPS) is 19.7. The number of nitrogens with zero attached hydrogens (tertiary/aromatic N) is 3. The Morgan fingerprint density at radius 1 is 1.62 bits per heavy atom. The van der Waals surface area contributed by atoms with Gasteiger partial charge in [-0.15, -0.1) is 0 Å². The molecule has 0 bridgehead atoms. The molecule has 6 heteroatoms. The van der Waals surface area contributed by atoms with E-state index < -0.39 is 0 Å². The number of hydrogen-bond acceptors (Lipinski definition) is 4. The summed E-state index contributed by atoms with van der Waals surface area (Å²) >= 11 is 0. The molecular weight excluding hydrogens is 266 g/mol. The van der Waals surface area contributed by atoms with Gasteiger partial charge >= 0.3 is 0 Å². The van der Waals surface area contributed by atoms with Crippen LogP contribution in [0.2, 0.25) is 0 Å². The molecule has 0 saturated carbocycles. The first kappa shape index (κ1) is 15.6. The molecule has 1 aromatic heterocycles. The summed E-state index contributed by atoms with van der Waals surface area (Å²) < 4.78 is 5.20. The number of likely N-dealkylation sites (N-methyl/N-ethyl adjacent to an activating group) is 1. The van der Waals surface area contributed by atoms with Crippen molar-refractivity contribution in [2.24, 2.45) is 10.7 Å². The van der Waals surface area contributed by atoms with Crippen LogP contribution in [0, 0.1) is 0 Å². The molecule has 1 saturated heterocycles. The van der Waals surface area contributed by atoms with Gasteiger partial charge in [-0.3, -0.25) is 4.90 Å². The highest BCUT2D eigenvalue weighted by atomic mass is 16.5. The largest absolute Gasteiger partial charge is 0.481 e. The van der Waals surface area contributed by atoms with Crippen molar-refractivity contribution in [1.82, 2.24) is 15.2 Å². The molecule has 0 aliphatic carbocycles. The highest BCUT2D eigenvalue weighted by Gasteiger charge is 2.22. The lowest BCUT2D eigenvalue weighted by Crippen LogP contribution is -2.42. The topological polar surface area (TPSA) is 75.8 Å². The molecular formula is C15H25N5O. The summed E-state index contributed by atoms with van der Waals surface area (Å²) in [7, 11) is 1.61. The lowest BCUT2D eigenvalue weighted by atomic mass is 10.2. The van der Waals surface area contributed by atoms with Crippen molar-refractivity contribution in [2.45, 2.75) is 32.4 Å². The zero-order chi connectivity index (χ0) is 15.1. The number of likely N-dealkylation sites (tertiary alicyclic amines) is 1. The van der Waals surface area contributed by atoms with Crippen molar-refractivity contribution in [1.29, 1.82) is 0 Å². The highest BCUT2D eigenvalue weighted by molar-refractivity contribution is 5.77. The minimum absolute atomic E-state index is 0.470. The number of pyridine rings is 1. The van der Waals surface area contributed by atoms with Crippen LogP contribution in [0.25, 0.3) is 0 Å². The molecule has 2 heterocycles. The van der Waals surface area contributed by atoms with Gasteiger partial charge in [0.25, 0.3) is 0 Å². The Labute approximate surface area is 126 Å². The van der Waals surface area contributed by atoms with Gasteiger partial charge in [0.15, 0.2) is 5.96 Å². The van der Waals surface area contributed by atoms with Crippen LogP contribution in [0.1, 0.15) is 25.3 Å². The summed E-state index contributed by atoms with van der Waals surface area (Å²) in [6.45, 7) is 5.80. The van der Waals surface area contributed by atoms with Crippen LogP contribution in [0.5, 0.6) is 5.88 Å². The number of guanidine groups is 1. The first-order valence-electron chi connectivity index (χ1n) is 7.50. The fraction of sp³-hybridized carbons (Fsp3) is 0.600. The van der Waals surface area contributed by atoms with E-state index in [1.807, 2.05) is 12.1 Å². The van der Waals surface area contributed by atoms with E-state index in [1.54, 1.807) is 13.3 Å². The van der Waals surface area contributed by atoms with E-state index in [-0.39, 0.29) is 0 Å². The van der Waals surface area contributed by atoms with Gasteiger partial charge in [-0.25, -0.2) is 9.98 Å². The van der Waals surface area contributed by atoms with Gasteiger partial charge in [0.05, 0.1) is 13.7 Å². The molecule has 21 heavy (non-hydrogen) atoms. The number of ether oxygens (including phenoxy) is 1. The van der Waals surface area contributed by atoms with Crippen LogP contribution in [0.4, 0.5) is 0 Å². The molecule has 0 aromatic carbocycles. The maximum atomic E-state index is 5.94. The van der Waals surface area contributed by atoms with E-state index in [9.17, 15) is 0 Å². The van der Waals surface area contributed by atoms with Crippen LogP contribution in [0.15, 0.2) is 23.3 Å². The maximum Gasteiger partial charge on any atom is 0.218 e. The van der Waals surface area contributed by atoms with E-state index in [2.05, 4.69) is 27.1 Å². The van der Waals surface area contributed by atoms with E-state index in [4.69, 9.17) is 10.5 Å². The number of nitrogens with one attached hydrogen (secondary N) is 1. The number of aromatic nitrogens is 1. The Kier molecular flexibility index (Phi) is 5.80. The average Bonchev–Trinajstić information content (AvgIpc) is 2.98. The van der Waals surface area contributed by atoms with Crippen LogP contribution in [-0.2, 0) is 6.54 Å². The van der Waals surface area contributed by atoms with E-state index >= 15 is 0 Å². The molecule has 1 aliphatic heterocycles. The number of hydrogen-bond donors (Lipinski definition) is 2. The summed E-state index contributed by atoms with van der Waals surface area (Å²) in [6.07, 6.45) is 4.20. The quantitative estimate of drug-likeness (QED) is 0.603. The van der Waals surface area contributed by atoms with Gasteiger partial charge in [-0.1, -0.05) is 13.0 Å². The molecule has 1 unspecified atom stereocenters. The second-order valence-electron chi connectivity index (χ2n) is 5.18. The summed E-state index contributed by atoms with van der Waals surface area (Å²) in [6, 6.07) is 4.38. The monoisotopic (exact) mass is 291 g/mol. The standard InChI is InChI=1S/C15H25N5O/c1-3-20-9-5-7-13(20)11-19-15(16)18-10-12-6-4-8-17-14(12)21-2/h4,6,8,13H,3,5,7,9-11H2,1-2H3,(H3,16,18,19). The summed E-state index contributed by atoms with van der Waals surface area (Å²) in [5, 5.41) is 3.22. The third-order valence-corrected chi connectivity index (χ3v) is 3.89. The van der Waals surface area contributed by atoms with Crippen molar-refractivity contribution in [3.8, 4) is 5.88 Å². The van der Waals surface area contributed by atoms with Crippen molar-refractivity contribution in [3.05, 3.63) is 23.9 Å². The molecule has 3 N–H and O–H groups in total. The molecule has 1 fully saturated rings. The molecule has 0 spiro atoms. The number of nitrogens with two attached hydrogens (primary N) is 1. The molecule has 6 nitrogen and oxygen atoms in total. The molecule has 2 rings (SSSR count). The van der Waals surface area contributed by atoms with Crippen LogP contribution in [0.3, 0.4) is 0 Å². The SMILES string of the molecule is CCN1CCCC1CNC(N)=NCc1cccnc1OC. The van der Waals surface area contributed by atoms with Gasteiger partial charge in [-0.2, -0.15) is 0 Å². The molecule has 1 atom stereocenters. The fourth-order valence-electron chi connectivity index (χ4n) is 2.72. The minimum Gasteiger partial charge on any atom is -0.481 e. The lowest BCUT2D eigenvalue weighted by molar-refractivity contribution is 0.267. The van der Waals surface area contributed by atoms with Gasteiger partial charge in [0.2, 0.25) is 5.88 Å². The number of aliphatic imine (C=N–C) groups is 1. The van der Waals surface area contributed by atoms with Crippen molar-refractivity contribution >= 4 is 5.96 Å². The zero-order valence-corrected chi connectivity index (χ0v) is 12.9. The van der Waals surface area contributed by atoms with Crippen molar-refractivity contribution in [2.75, 3.05) is 26.7 Å². The second-order valence-corrected chi connectivity index (χ2v) is 5.18. The predicted octanol–water partition coefficient (Wildman–Crippen LogP) is 0.979. The van der Waals surface area contributed by atoms with Gasteiger partial charge < -0.3 is 15.8 Å². The highest BCUT2D eigenvalue weighted by Crippen LogP contribution is 2.16. The number of methoxy groups -OCH3 is 1. The minimum atomic E-state index is 0.470. The Bertz CT molecular complexity index is 477. The molecule has 0 amide bonds. The van der Waals surface area contributed by atoms with Crippen LogP contribution < -0.4 is 15.8 Å². The Balaban J connectivity index is 1.84. The lowest BCUT2D eigenvalue weighted by Gasteiger charge is -2.23. The molecule has 116 valence electrons. The molecule has 0 radical (unpaired) electrons. The second kappa shape index (κ2) is 7.83. The first-order chi connectivity index (χ1) is 10.2. The summed E-state index contributed by atoms with van der Waals surface area (Å²) in [5.41, 5.74) is 6.87. The Morgan fingerprint density at radius 2 is 2.48 bits per heavy atom. The third-order valence-electron chi connectivity index (χ3n) is 3.89. The van der Waals surface area contributed by atoms with Gasteiger partial charge in [0.1, 0.15) is 0 Å². The Hall–Kier alpha value is -1.82. The molecule has 1 aliphatic rings. The van der Waals surface area contributed by atoms with Crippen LogP contribution in [-0.4, -0.2) is 48.6 Å². The third kappa shape index (κ3) is 4.32.